The van der Waals surface area contributed by atoms with Crippen LogP contribution in [0.1, 0.15) is 48.6 Å². The van der Waals surface area contributed by atoms with E-state index >= 15 is 0 Å². The molecule has 0 aromatic carbocycles. The number of rotatable bonds is 3. The fraction of sp³-hybridized carbons (Fsp3) is 0.545. The third kappa shape index (κ3) is 2.75. The van der Waals surface area contributed by atoms with Gasteiger partial charge < -0.3 is 4.74 Å². The Hall–Kier alpha value is -1.45. The van der Waals surface area contributed by atoms with Gasteiger partial charge in [0.15, 0.2) is 0 Å². The Balaban J connectivity index is 2.98. The van der Waals surface area contributed by atoms with E-state index in [0.717, 1.165) is 5.82 Å². The number of aryl methyl sites for hydroxylation is 1. The lowest BCUT2D eigenvalue weighted by molar-refractivity contribution is 0.0524. The largest absolute Gasteiger partial charge is 0.462 e. The predicted octanol–water partition coefficient (Wildman–Crippen LogP) is 2.09. The molecule has 0 atom stereocenters. The molecule has 0 bridgehead atoms. The Morgan fingerprint density at radius 2 is 2.20 bits per heavy atom. The van der Waals surface area contributed by atoms with Gasteiger partial charge in [-0.25, -0.2) is 14.8 Å². The lowest BCUT2D eigenvalue weighted by atomic mass is 10.2. The molecule has 4 heteroatoms. The number of esters is 1. The Morgan fingerprint density at radius 1 is 1.53 bits per heavy atom. The molecule has 1 aromatic heterocycles. The molecule has 0 fully saturated rings. The summed E-state index contributed by atoms with van der Waals surface area (Å²) in [6.07, 6.45) is 1.54. The van der Waals surface area contributed by atoms with E-state index in [1.807, 2.05) is 13.8 Å². The first-order chi connectivity index (χ1) is 7.06. The molecule has 1 heterocycles. The maximum atomic E-state index is 11.4. The average Bonchev–Trinajstić information content (AvgIpc) is 2.17. The minimum absolute atomic E-state index is 0.264. The van der Waals surface area contributed by atoms with Crippen molar-refractivity contribution in [1.82, 2.24) is 9.97 Å². The molecule has 0 radical (unpaired) electrons. The van der Waals surface area contributed by atoms with Crippen LogP contribution in [0.15, 0.2) is 6.20 Å². The Morgan fingerprint density at radius 3 is 2.67 bits per heavy atom. The van der Waals surface area contributed by atoms with Crippen LogP contribution in [0.3, 0.4) is 0 Å². The van der Waals surface area contributed by atoms with Crippen molar-refractivity contribution in [2.45, 2.75) is 33.6 Å². The highest BCUT2D eigenvalue weighted by Crippen LogP contribution is 2.12. The lowest BCUT2D eigenvalue weighted by Crippen LogP contribution is -2.10. The van der Waals surface area contributed by atoms with Gasteiger partial charge in [0.2, 0.25) is 0 Å². The zero-order valence-electron chi connectivity index (χ0n) is 9.57. The van der Waals surface area contributed by atoms with E-state index in [4.69, 9.17) is 4.74 Å². The summed E-state index contributed by atoms with van der Waals surface area (Å²) in [5, 5.41) is 0. The Bertz CT molecular complexity index is 362. The predicted molar refractivity (Wildman–Crippen MR) is 56.8 cm³/mol. The van der Waals surface area contributed by atoms with Crippen LogP contribution in [0.4, 0.5) is 0 Å². The molecule has 15 heavy (non-hydrogen) atoms. The molecule has 0 aliphatic carbocycles. The molecular formula is C11H16N2O2. The molecule has 1 aromatic rings. The van der Waals surface area contributed by atoms with Gasteiger partial charge in [-0.1, -0.05) is 13.8 Å². The normalized spacial score (nSPS) is 10.5. The highest BCUT2D eigenvalue weighted by molar-refractivity contribution is 5.90. The van der Waals surface area contributed by atoms with Crippen molar-refractivity contribution in [3.05, 3.63) is 23.3 Å². The van der Waals surface area contributed by atoms with Crippen molar-refractivity contribution >= 4 is 5.97 Å². The van der Waals surface area contributed by atoms with Crippen molar-refractivity contribution < 1.29 is 9.53 Å². The zero-order valence-corrected chi connectivity index (χ0v) is 9.57. The van der Waals surface area contributed by atoms with Gasteiger partial charge in [-0.2, -0.15) is 0 Å². The molecule has 0 saturated heterocycles. The van der Waals surface area contributed by atoms with E-state index in [1.165, 1.54) is 6.20 Å². The SMILES string of the molecule is CCOC(=O)c1cnc(C(C)C)nc1C. The molecule has 0 amide bonds. The van der Waals surface area contributed by atoms with E-state index in [2.05, 4.69) is 9.97 Å². The number of hydrogen-bond donors (Lipinski definition) is 0. The Kier molecular flexibility index (Phi) is 3.77. The smallest absolute Gasteiger partial charge is 0.341 e. The van der Waals surface area contributed by atoms with Gasteiger partial charge in [0, 0.05) is 12.1 Å². The van der Waals surface area contributed by atoms with Gasteiger partial charge in [0.05, 0.1) is 17.9 Å². The average molecular weight is 208 g/mol. The number of ether oxygens (including phenoxy) is 1. The third-order valence-electron chi connectivity index (χ3n) is 2.01. The Labute approximate surface area is 89.7 Å². The van der Waals surface area contributed by atoms with Crippen molar-refractivity contribution in [2.24, 2.45) is 0 Å². The fourth-order valence-corrected chi connectivity index (χ4v) is 1.17. The lowest BCUT2D eigenvalue weighted by Gasteiger charge is -2.07. The molecule has 0 saturated carbocycles. The van der Waals surface area contributed by atoms with Gasteiger partial charge in [-0.15, -0.1) is 0 Å². The monoisotopic (exact) mass is 208 g/mol. The summed E-state index contributed by atoms with van der Waals surface area (Å²) in [5.74, 6) is 0.658. The summed E-state index contributed by atoms with van der Waals surface area (Å²) < 4.78 is 4.89. The summed E-state index contributed by atoms with van der Waals surface area (Å²) in [6, 6.07) is 0. The van der Waals surface area contributed by atoms with Crippen molar-refractivity contribution in [3.8, 4) is 0 Å². The molecule has 0 aliphatic heterocycles. The van der Waals surface area contributed by atoms with Crippen LogP contribution in [0.5, 0.6) is 0 Å². The fourth-order valence-electron chi connectivity index (χ4n) is 1.17. The van der Waals surface area contributed by atoms with Gasteiger partial charge in [-0.3, -0.25) is 0 Å². The number of carbonyl (C=O) groups is 1. The number of carbonyl (C=O) groups excluding carboxylic acids is 1. The second-order valence-corrected chi connectivity index (χ2v) is 3.60. The third-order valence-corrected chi connectivity index (χ3v) is 2.01. The van der Waals surface area contributed by atoms with Crippen LogP contribution in [0, 0.1) is 6.92 Å². The van der Waals surface area contributed by atoms with Crippen LogP contribution in [-0.4, -0.2) is 22.5 Å². The molecule has 0 unspecified atom stereocenters. The standard InChI is InChI=1S/C11H16N2O2/c1-5-15-11(14)9-6-12-10(7(2)3)13-8(9)4/h6-7H,5H2,1-4H3. The molecular weight excluding hydrogens is 192 g/mol. The summed E-state index contributed by atoms with van der Waals surface area (Å²) in [7, 11) is 0. The maximum Gasteiger partial charge on any atom is 0.341 e. The van der Waals surface area contributed by atoms with E-state index in [0.29, 0.717) is 17.9 Å². The molecule has 82 valence electrons. The first-order valence-corrected chi connectivity index (χ1v) is 5.07. The zero-order chi connectivity index (χ0) is 11.4. The van der Waals surface area contributed by atoms with Gasteiger partial charge in [-0.05, 0) is 13.8 Å². The van der Waals surface area contributed by atoms with Gasteiger partial charge >= 0.3 is 5.97 Å². The van der Waals surface area contributed by atoms with Crippen molar-refractivity contribution in [1.29, 1.82) is 0 Å². The molecule has 0 aliphatic rings. The summed E-state index contributed by atoms with van der Waals surface area (Å²) in [4.78, 5) is 19.8. The first-order valence-electron chi connectivity index (χ1n) is 5.07. The summed E-state index contributed by atoms with van der Waals surface area (Å²) in [5.41, 5.74) is 1.12. The van der Waals surface area contributed by atoms with Gasteiger partial charge in [0.1, 0.15) is 5.82 Å². The highest BCUT2D eigenvalue weighted by atomic mass is 16.5. The van der Waals surface area contributed by atoms with E-state index < -0.39 is 0 Å². The van der Waals surface area contributed by atoms with E-state index in [-0.39, 0.29) is 11.9 Å². The number of aromatic nitrogens is 2. The first kappa shape index (κ1) is 11.6. The summed E-state index contributed by atoms with van der Waals surface area (Å²) in [6.45, 7) is 7.96. The van der Waals surface area contributed by atoms with Crippen LogP contribution in [-0.2, 0) is 4.74 Å². The van der Waals surface area contributed by atoms with E-state index in [9.17, 15) is 4.79 Å². The second-order valence-electron chi connectivity index (χ2n) is 3.60. The number of hydrogen-bond acceptors (Lipinski definition) is 4. The minimum atomic E-state index is -0.356. The summed E-state index contributed by atoms with van der Waals surface area (Å²) >= 11 is 0. The van der Waals surface area contributed by atoms with Crippen LogP contribution in [0.25, 0.3) is 0 Å². The van der Waals surface area contributed by atoms with Crippen LogP contribution >= 0.6 is 0 Å². The molecule has 1 rings (SSSR count). The molecule has 0 spiro atoms. The maximum absolute atomic E-state index is 11.4. The van der Waals surface area contributed by atoms with Crippen LogP contribution < -0.4 is 0 Å². The van der Waals surface area contributed by atoms with Crippen LogP contribution in [0.2, 0.25) is 0 Å². The number of nitrogens with zero attached hydrogens (tertiary/aromatic N) is 2. The minimum Gasteiger partial charge on any atom is -0.462 e. The van der Waals surface area contributed by atoms with Crippen molar-refractivity contribution in [2.75, 3.05) is 6.61 Å². The highest BCUT2D eigenvalue weighted by Gasteiger charge is 2.13. The second kappa shape index (κ2) is 4.87. The topological polar surface area (TPSA) is 52.1 Å². The van der Waals surface area contributed by atoms with E-state index in [1.54, 1.807) is 13.8 Å². The molecule has 4 nitrogen and oxygen atoms in total. The van der Waals surface area contributed by atoms with Crippen molar-refractivity contribution in [3.63, 3.8) is 0 Å². The van der Waals surface area contributed by atoms with Gasteiger partial charge in [0.25, 0.3) is 0 Å². The quantitative estimate of drug-likeness (QED) is 0.714. The molecule has 0 N–H and O–H groups in total.